The SMILES string of the molecule is Cc1cc2nn(C)nc2cc1NS(=O)(=O)c1cccc(Cl)c1C. The van der Waals surface area contributed by atoms with Gasteiger partial charge in [0.25, 0.3) is 10.0 Å². The average molecular weight is 351 g/mol. The van der Waals surface area contributed by atoms with Crippen molar-refractivity contribution in [3.63, 3.8) is 0 Å². The zero-order valence-electron chi connectivity index (χ0n) is 12.8. The van der Waals surface area contributed by atoms with Crippen LogP contribution in [0.5, 0.6) is 0 Å². The molecule has 0 amide bonds. The Morgan fingerprint density at radius 3 is 2.48 bits per heavy atom. The second-order valence-corrected chi connectivity index (χ2v) is 7.37. The molecule has 8 heteroatoms. The van der Waals surface area contributed by atoms with Gasteiger partial charge in [0.2, 0.25) is 0 Å². The summed E-state index contributed by atoms with van der Waals surface area (Å²) >= 11 is 6.02. The van der Waals surface area contributed by atoms with Gasteiger partial charge in [0.15, 0.2) is 0 Å². The molecule has 0 fully saturated rings. The highest BCUT2D eigenvalue weighted by molar-refractivity contribution is 7.92. The van der Waals surface area contributed by atoms with E-state index in [4.69, 9.17) is 11.6 Å². The first-order valence-electron chi connectivity index (χ1n) is 6.87. The molecule has 0 radical (unpaired) electrons. The third-order valence-corrected chi connectivity index (χ3v) is 5.50. The van der Waals surface area contributed by atoms with Crippen LogP contribution in [0.4, 0.5) is 5.69 Å². The summed E-state index contributed by atoms with van der Waals surface area (Å²) in [7, 11) is -2.02. The quantitative estimate of drug-likeness (QED) is 0.787. The van der Waals surface area contributed by atoms with E-state index in [-0.39, 0.29) is 4.90 Å². The van der Waals surface area contributed by atoms with Crippen molar-refractivity contribution in [3.8, 4) is 0 Å². The maximum Gasteiger partial charge on any atom is 0.262 e. The Bertz CT molecular complexity index is 1010. The lowest BCUT2D eigenvalue weighted by atomic mass is 10.2. The number of aromatic nitrogens is 3. The molecule has 1 heterocycles. The predicted molar refractivity (Wildman–Crippen MR) is 90.2 cm³/mol. The fourth-order valence-electron chi connectivity index (χ4n) is 2.36. The highest BCUT2D eigenvalue weighted by Gasteiger charge is 2.19. The van der Waals surface area contributed by atoms with Crippen LogP contribution in [0.25, 0.3) is 11.0 Å². The molecule has 1 aromatic heterocycles. The minimum Gasteiger partial charge on any atom is -0.279 e. The Morgan fingerprint density at radius 2 is 1.78 bits per heavy atom. The summed E-state index contributed by atoms with van der Waals surface area (Å²) < 4.78 is 27.9. The lowest BCUT2D eigenvalue weighted by Crippen LogP contribution is -2.15. The Morgan fingerprint density at radius 1 is 1.13 bits per heavy atom. The number of anilines is 1. The number of rotatable bonds is 3. The van der Waals surface area contributed by atoms with Gasteiger partial charge < -0.3 is 0 Å². The standard InChI is InChI=1S/C15H15ClN4O2S/c1-9-7-13-14(18-20(3)17-13)8-12(9)19-23(21,22)15-6-4-5-11(16)10(15)2/h4-8,19H,1-3H3. The molecule has 0 unspecified atom stereocenters. The summed E-state index contributed by atoms with van der Waals surface area (Å²) in [5.41, 5.74) is 3.09. The predicted octanol–water partition coefficient (Wildman–Crippen LogP) is 3.04. The molecule has 0 atom stereocenters. The van der Waals surface area contributed by atoms with Gasteiger partial charge >= 0.3 is 0 Å². The molecule has 3 aromatic rings. The molecule has 0 aliphatic heterocycles. The summed E-state index contributed by atoms with van der Waals surface area (Å²) in [5, 5.41) is 8.82. The normalized spacial score (nSPS) is 11.8. The lowest BCUT2D eigenvalue weighted by Gasteiger charge is -2.12. The smallest absolute Gasteiger partial charge is 0.262 e. The van der Waals surface area contributed by atoms with E-state index >= 15 is 0 Å². The number of nitrogens with zero attached hydrogens (tertiary/aromatic N) is 3. The van der Waals surface area contributed by atoms with Crippen molar-refractivity contribution in [1.29, 1.82) is 0 Å². The molecule has 0 bridgehead atoms. The van der Waals surface area contributed by atoms with E-state index in [1.807, 2.05) is 6.92 Å². The van der Waals surface area contributed by atoms with E-state index in [0.29, 0.717) is 27.3 Å². The van der Waals surface area contributed by atoms with Crippen LogP contribution in [0.2, 0.25) is 5.02 Å². The van der Waals surface area contributed by atoms with Crippen LogP contribution in [0.3, 0.4) is 0 Å². The van der Waals surface area contributed by atoms with Gasteiger partial charge in [-0.05, 0) is 49.2 Å². The van der Waals surface area contributed by atoms with Crippen molar-refractivity contribution < 1.29 is 8.42 Å². The summed E-state index contributed by atoms with van der Waals surface area (Å²) in [4.78, 5) is 1.60. The molecule has 2 aromatic carbocycles. The lowest BCUT2D eigenvalue weighted by molar-refractivity contribution is 0.600. The van der Waals surface area contributed by atoms with Gasteiger partial charge in [0.05, 0.1) is 10.6 Å². The van der Waals surface area contributed by atoms with E-state index < -0.39 is 10.0 Å². The van der Waals surface area contributed by atoms with Crippen LogP contribution in [-0.4, -0.2) is 23.4 Å². The van der Waals surface area contributed by atoms with Gasteiger partial charge in [0, 0.05) is 12.1 Å². The van der Waals surface area contributed by atoms with Crippen molar-refractivity contribution >= 4 is 38.3 Å². The maximum absolute atomic E-state index is 12.7. The molecule has 0 saturated carbocycles. The average Bonchev–Trinajstić information content (AvgIpc) is 2.81. The van der Waals surface area contributed by atoms with Crippen molar-refractivity contribution in [2.75, 3.05) is 4.72 Å². The number of aryl methyl sites for hydroxylation is 2. The Balaban J connectivity index is 2.06. The monoisotopic (exact) mass is 350 g/mol. The molecule has 120 valence electrons. The molecule has 1 N–H and O–H groups in total. The first kappa shape index (κ1) is 15.8. The molecule has 6 nitrogen and oxygen atoms in total. The Hall–Kier alpha value is -2.12. The summed E-state index contributed by atoms with van der Waals surface area (Å²) in [6, 6.07) is 8.27. The van der Waals surface area contributed by atoms with E-state index in [1.165, 1.54) is 10.9 Å². The van der Waals surface area contributed by atoms with E-state index in [2.05, 4.69) is 14.9 Å². The highest BCUT2D eigenvalue weighted by Crippen LogP contribution is 2.27. The van der Waals surface area contributed by atoms with Crippen molar-refractivity contribution in [2.45, 2.75) is 18.7 Å². The summed E-state index contributed by atoms with van der Waals surface area (Å²) in [5.74, 6) is 0. The van der Waals surface area contributed by atoms with Gasteiger partial charge in [0.1, 0.15) is 11.0 Å². The van der Waals surface area contributed by atoms with Crippen LogP contribution in [0.15, 0.2) is 35.2 Å². The fraction of sp³-hybridized carbons (Fsp3) is 0.200. The van der Waals surface area contributed by atoms with E-state index in [1.54, 1.807) is 38.2 Å². The van der Waals surface area contributed by atoms with Crippen LogP contribution in [0, 0.1) is 13.8 Å². The number of hydrogen-bond donors (Lipinski definition) is 1. The van der Waals surface area contributed by atoms with Gasteiger partial charge in [-0.2, -0.15) is 15.0 Å². The summed E-state index contributed by atoms with van der Waals surface area (Å²) in [6.07, 6.45) is 0. The minimum absolute atomic E-state index is 0.156. The maximum atomic E-state index is 12.7. The highest BCUT2D eigenvalue weighted by atomic mass is 35.5. The van der Waals surface area contributed by atoms with Crippen LogP contribution in [-0.2, 0) is 17.1 Å². The molecule has 0 spiro atoms. The Kier molecular flexibility index (Phi) is 3.77. The Labute approximate surface area is 139 Å². The summed E-state index contributed by atoms with van der Waals surface area (Å²) in [6.45, 7) is 3.49. The molecule has 3 rings (SSSR count). The number of benzene rings is 2. The minimum atomic E-state index is -3.74. The molecule has 23 heavy (non-hydrogen) atoms. The van der Waals surface area contributed by atoms with Crippen molar-refractivity contribution in [3.05, 3.63) is 46.5 Å². The zero-order chi connectivity index (χ0) is 16.8. The molecular weight excluding hydrogens is 336 g/mol. The number of halogens is 1. The van der Waals surface area contributed by atoms with E-state index in [9.17, 15) is 8.42 Å². The third kappa shape index (κ3) is 2.89. The number of sulfonamides is 1. The largest absolute Gasteiger partial charge is 0.279 e. The second-order valence-electron chi connectivity index (χ2n) is 5.31. The van der Waals surface area contributed by atoms with Crippen molar-refractivity contribution in [2.24, 2.45) is 7.05 Å². The molecule has 0 saturated heterocycles. The topological polar surface area (TPSA) is 76.9 Å². The first-order chi connectivity index (χ1) is 10.8. The van der Waals surface area contributed by atoms with Crippen molar-refractivity contribution in [1.82, 2.24) is 15.0 Å². The molecule has 0 aliphatic carbocycles. The van der Waals surface area contributed by atoms with Gasteiger partial charge in [-0.25, -0.2) is 8.42 Å². The van der Waals surface area contributed by atoms with Crippen LogP contribution < -0.4 is 4.72 Å². The van der Waals surface area contributed by atoms with Gasteiger partial charge in [-0.1, -0.05) is 17.7 Å². The van der Waals surface area contributed by atoms with Crippen LogP contribution in [0.1, 0.15) is 11.1 Å². The van der Waals surface area contributed by atoms with Gasteiger partial charge in [-0.15, -0.1) is 0 Å². The van der Waals surface area contributed by atoms with Gasteiger partial charge in [-0.3, -0.25) is 4.72 Å². The first-order valence-corrected chi connectivity index (χ1v) is 8.73. The second kappa shape index (κ2) is 5.50. The molecular formula is C15H15ClN4O2S. The fourth-order valence-corrected chi connectivity index (χ4v) is 3.98. The van der Waals surface area contributed by atoms with Crippen LogP contribution >= 0.6 is 11.6 Å². The zero-order valence-corrected chi connectivity index (χ0v) is 14.4. The third-order valence-electron chi connectivity index (χ3n) is 3.58. The number of hydrogen-bond acceptors (Lipinski definition) is 4. The number of nitrogens with one attached hydrogen (secondary N) is 1. The molecule has 0 aliphatic rings. The van der Waals surface area contributed by atoms with E-state index in [0.717, 1.165) is 5.56 Å². The number of fused-ring (bicyclic) bond motifs is 1.